The van der Waals surface area contributed by atoms with Crippen LogP contribution in [0.3, 0.4) is 0 Å². The molecule has 0 aromatic carbocycles. The molecule has 1 aliphatic heterocycles. The molecule has 0 radical (unpaired) electrons. The van der Waals surface area contributed by atoms with E-state index in [1.807, 2.05) is 6.92 Å². The predicted octanol–water partition coefficient (Wildman–Crippen LogP) is 0.294. The lowest BCUT2D eigenvalue weighted by Gasteiger charge is -2.24. The van der Waals surface area contributed by atoms with Crippen molar-refractivity contribution < 1.29 is 24.2 Å². The minimum Gasteiger partial charge on any atom is -0.480 e. The lowest BCUT2D eigenvalue weighted by molar-refractivity contribution is -0.145. The molecule has 2 N–H and O–H groups in total. The second-order valence-corrected chi connectivity index (χ2v) is 5.84. The van der Waals surface area contributed by atoms with Crippen LogP contribution in [-0.2, 0) is 19.1 Å². The molecule has 0 bridgehead atoms. The van der Waals surface area contributed by atoms with Gasteiger partial charge in [-0.1, -0.05) is 13.3 Å². The normalized spacial score (nSPS) is 19.3. The van der Waals surface area contributed by atoms with Crippen molar-refractivity contribution in [2.24, 2.45) is 0 Å². The van der Waals surface area contributed by atoms with Gasteiger partial charge in [-0.25, -0.2) is 4.79 Å². The molecule has 0 spiro atoms. The quantitative estimate of drug-likeness (QED) is 0.668. The van der Waals surface area contributed by atoms with E-state index in [2.05, 4.69) is 5.32 Å². The summed E-state index contributed by atoms with van der Waals surface area (Å²) in [5, 5.41) is 11.4. The van der Waals surface area contributed by atoms with Crippen LogP contribution in [0.25, 0.3) is 0 Å². The first-order valence-corrected chi connectivity index (χ1v) is 8.06. The Bertz CT molecular complexity index is 391. The Hall–Kier alpha value is -1.28. The van der Waals surface area contributed by atoms with E-state index >= 15 is 0 Å². The Labute approximate surface area is 128 Å². The van der Waals surface area contributed by atoms with Crippen LogP contribution in [0.2, 0.25) is 0 Å². The topological polar surface area (TPSA) is 95.9 Å². The van der Waals surface area contributed by atoms with Crippen LogP contribution in [0, 0.1) is 0 Å². The van der Waals surface area contributed by atoms with Crippen LogP contribution in [0.15, 0.2) is 0 Å². The third-order valence-electron chi connectivity index (χ3n) is 3.20. The smallest absolute Gasteiger partial charge is 0.328 e. The molecule has 0 aromatic heterocycles. The highest BCUT2D eigenvalue weighted by atomic mass is 32.2. The number of ether oxygens (including phenoxy) is 1. The van der Waals surface area contributed by atoms with Gasteiger partial charge in [-0.2, -0.15) is 0 Å². The number of carbonyl (C=O) groups excluding carboxylic acids is 2. The molecule has 0 saturated carbocycles. The molecule has 1 fully saturated rings. The van der Waals surface area contributed by atoms with Crippen molar-refractivity contribution in [2.75, 3.05) is 25.3 Å². The largest absolute Gasteiger partial charge is 0.480 e. The van der Waals surface area contributed by atoms with Crippen LogP contribution in [-0.4, -0.2) is 65.2 Å². The number of hydrogen-bond donors (Lipinski definition) is 2. The van der Waals surface area contributed by atoms with Crippen molar-refractivity contribution in [2.45, 2.75) is 38.3 Å². The summed E-state index contributed by atoms with van der Waals surface area (Å²) in [6.07, 6.45) is 2.12. The second kappa shape index (κ2) is 8.89. The van der Waals surface area contributed by atoms with E-state index in [4.69, 9.17) is 9.84 Å². The van der Waals surface area contributed by atoms with Crippen LogP contribution < -0.4 is 5.32 Å². The number of nitrogens with one attached hydrogen (secondary N) is 1. The minimum atomic E-state index is -1.15. The predicted molar refractivity (Wildman–Crippen MR) is 78.9 cm³/mol. The van der Waals surface area contributed by atoms with E-state index in [1.165, 1.54) is 23.8 Å². The Morgan fingerprint density at radius 2 is 2.19 bits per heavy atom. The van der Waals surface area contributed by atoms with E-state index in [-0.39, 0.29) is 12.5 Å². The molecule has 8 heteroatoms. The van der Waals surface area contributed by atoms with Gasteiger partial charge in [0, 0.05) is 19.3 Å². The first-order valence-electron chi connectivity index (χ1n) is 6.90. The zero-order valence-corrected chi connectivity index (χ0v) is 13.1. The van der Waals surface area contributed by atoms with Crippen molar-refractivity contribution in [1.29, 1.82) is 0 Å². The van der Waals surface area contributed by atoms with Crippen molar-refractivity contribution in [3.8, 4) is 0 Å². The van der Waals surface area contributed by atoms with E-state index in [1.54, 1.807) is 0 Å². The molecule has 1 aliphatic rings. The average molecular weight is 318 g/mol. The van der Waals surface area contributed by atoms with Gasteiger partial charge in [0.2, 0.25) is 11.8 Å². The molecular weight excluding hydrogens is 296 g/mol. The third-order valence-corrected chi connectivity index (χ3v) is 4.21. The lowest BCUT2D eigenvalue weighted by atomic mass is 10.2. The highest BCUT2D eigenvalue weighted by Crippen LogP contribution is 2.22. The second-order valence-electron chi connectivity index (χ2n) is 4.84. The summed E-state index contributed by atoms with van der Waals surface area (Å²) >= 11 is 1.49. The maximum absolute atomic E-state index is 12.2. The molecule has 1 saturated heterocycles. The first kappa shape index (κ1) is 17.8. The van der Waals surface area contributed by atoms with E-state index < -0.39 is 24.0 Å². The third kappa shape index (κ3) is 5.20. The number of unbranched alkanes of at least 4 members (excludes halogenated alkanes) is 1. The highest BCUT2D eigenvalue weighted by molar-refractivity contribution is 7.99. The molecular formula is C13H22N2O5S. The average Bonchev–Trinajstić information content (AvgIpc) is 2.93. The molecule has 1 rings (SSSR count). The molecule has 2 atom stereocenters. The summed E-state index contributed by atoms with van der Waals surface area (Å²) in [5.41, 5.74) is 0. The van der Waals surface area contributed by atoms with Gasteiger partial charge >= 0.3 is 5.97 Å². The summed E-state index contributed by atoms with van der Waals surface area (Å²) < 4.78 is 4.77. The number of aliphatic carboxylic acids is 1. The fraction of sp³-hybridized carbons (Fsp3) is 0.769. The number of rotatable bonds is 8. The van der Waals surface area contributed by atoms with Crippen LogP contribution in [0.1, 0.15) is 26.2 Å². The zero-order valence-electron chi connectivity index (χ0n) is 12.3. The Morgan fingerprint density at radius 1 is 1.48 bits per heavy atom. The summed E-state index contributed by atoms with van der Waals surface area (Å²) in [5.74, 6) is -0.680. The number of carbonyl (C=O) groups is 3. The van der Waals surface area contributed by atoms with E-state index in [0.717, 1.165) is 12.8 Å². The molecule has 2 amide bonds. The van der Waals surface area contributed by atoms with Crippen molar-refractivity contribution in [3.63, 3.8) is 0 Å². The molecule has 1 heterocycles. The maximum Gasteiger partial charge on any atom is 0.328 e. The first-order chi connectivity index (χ1) is 10.0. The monoisotopic (exact) mass is 318 g/mol. The van der Waals surface area contributed by atoms with Crippen LogP contribution in [0.4, 0.5) is 0 Å². The number of hydrogen-bond acceptors (Lipinski definition) is 5. The van der Waals surface area contributed by atoms with E-state index in [9.17, 15) is 14.4 Å². The molecule has 120 valence electrons. The van der Waals surface area contributed by atoms with Gasteiger partial charge in [-0.15, -0.1) is 11.8 Å². The Kier molecular flexibility index (Phi) is 7.52. The van der Waals surface area contributed by atoms with Gasteiger partial charge in [-0.3, -0.25) is 9.59 Å². The maximum atomic E-state index is 12.2. The summed E-state index contributed by atoms with van der Waals surface area (Å²) in [4.78, 5) is 36.8. The highest BCUT2D eigenvalue weighted by Gasteiger charge is 2.35. The van der Waals surface area contributed by atoms with Crippen LogP contribution in [0.5, 0.6) is 0 Å². The summed E-state index contributed by atoms with van der Waals surface area (Å²) in [6, 6.07) is -1.70. The fourth-order valence-corrected chi connectivity index (χ4v) is 3.17. The fourth-order valence-electron chi connectivity index (χ4n) is 1.99. The zero-order chi connectivity index (χ0) is 15.8. The molecule has 0 aliphatic carbocycles. The van der Waals surface area contributed by atoms with Gasteiger partial charge in [0.1, 0.15) is 6.04 Å². The Balaban J connectivity index is 2.62. The lowest BCUT2D eigenvalue weighted by Crippen LogP contribution is -2.53. The van der Waals surface area contributed by atoms with Gasteiger partial charge in [0.25, 0.3) is 0 Å². The molecule has 2 unspecified atom stereocenters. The van der Waals surface area contributed by atoms with Gasteiger partial charge in [0.05, 0.1) is 12.5 Å². The van der Waals surface area contributed by atoms with Crippen molar-refractivity contribution >= 4 is 29.5 Å². The minimum absolute atomic E-state index is 0.0550. The van der Waals surface area contributed by atoms with Gasteiger partial charge in [0.15, 0.2) is 6.04 Å². The van der Waals surface area contributed by atoms with Crippen molar-refractivity contribution in [3.05, 3.63) is 0 Å². The Morgan fingerprint density at radius 3 is 2.76 bits per heavy atom. The van der Waals surface area contributed by atoms with Crippen molar-refractivity contribution in [1.82, 2.24) is 10.2 Å². The SMILES string of the molecule is CCCCC(=O)N1CSCC1C(=O)NC(COC)C(=O)O. The standard InChI is InChI=1S/C13H22N2O5S/c1-3-4-5-11(16)15-8-21-7-10(15)12(17)14-9(6-20-2)13(18)19/h9-10H,3-8H2,1-2H3,(H,14,17)(H,18,19). The number of methoxy groups -OCH3 is 1. The van der Waals surface area contributed by atoms with E-state index in [0.29, 0.717) is 18.1 Å². The molecule has 7 nitrogen and oxygen atoms in total. The summed E-state index contributed by atoms with van der Waals surface area (Å²) in [7, 11) is 1.37. The number of amides is 2. The van der Waals surface area contributed by atoms with Gasteiger partial charge < -0.3 is 20.1 Å². The number of thioether (sulfide) groups is 1. The number of nitrogens with zero attached hydrogens (tertiary/aromatic N) is 1. The van der Waals surface area contributed by atoms with Gasteiger partial charge in [-0.05, 0) is 6.42 Å². The number of carboxylic acids is 1. The van der Waals surface area contributed by atoms with Crippen LogP contribution >= 0.6 is 11.8 Å². The number of carboxylic acid groups (broad SMARTS) is 1. The summed E-state index contributed by atoms with van der Waals surface area (Å²) in [6.45, 7) is 1.89. The molecule has 0 aromatic rings. The molecule has 21 heavy (non-hydrogen) atoms.